The first kappa shape index (κ1) is 20.9. The first-order chi connectivity index (χ1) is 14.8. The second-order valence-electron chi connectivity index (χ2n) is 7.63. The topological polar surface area (TPSA) is 78.4 Å². The summed E-state index contributed by atoms with van der Waals surface area (Å²) in [5.41, 5.74) is 3.56. The highest BCUT2D eigenvalue weighted by molar-refractivity contribution is 6.30. The van der Waals surface area contributed by atoms with Crippen LogP contribution < -0.4 is 5.56 Å². The lowest BCUT2D eigenvalue weighted by atomic mass is 10.1. The Morgan fingerprint density at radius 3 is 2.23 bits per heavy atom. The Balaban J connectivity index is 1.48. The van der Waals surface area contributed by atoms with E-state index in [0.29, 0.717) is 42.3 Å². The van der Waals surface area contributed by atoms with Gasteiger partial charge >= 0.3 is 0 Å². The minimum absolute atomic E-state index is 0.0440. The number of halogens is 1. The second-order valence-corrected chi connectivity index (χ2v) is 8.06. The Morgan fingerprint density at radius 1 is 0.935 bits per heavy atom. The van der Waals surface area contributed by atoms with E-state index in [1.807, 2.05) is 48.7 Å². The molecule has 0 unspecified atom stereocenters. The molecule has 2 aromatic heterocycles. The van der Waals surface area contributed by atoms with E-state index < -0.39 is 0 Å². The minimum Gasteiger partial charge on any atom is -0.335 e. The maximum Gasteiger partial charge on any atom is 0.255 e. The third-order valence-electron chi connectivity index (χ3n) is 5.61. The Kier molecular flexibility index (Phi) is 5.69. The molecule has 1 aliphatic rings. The van der Waals surface area contributed by atoms with Crippen molar-refractivity contribution in [1.29, 1.82) is 0 Å². The molecule has 31 heavy (non-hydrogen) atoms. The van der Waals surface area contributed by atoms with E-state index >= 15 is 0 Å². The number of carbonyl (C=O) groups is 2. The summed E-state index contributed by atoms with van der Waals surface area (Å²) >= 11 is 6.14. The summed E-state index contributed by atoms with van der Waals surface area (Å²) in [5.74, 6) is -0.194. The number of aromatic nitrogens is 2. The number of pyridine rings is 1. The highest BCUT2D eigenvalue weighted by atomic mass is 35.5. The highest BCUT2D eigenvalue weighted by Gasteiger charge is 2.27. The van der Waals surface area contributed by atoms with Gasteiger partial charge in [0.25, 0.3) is 11.8 Å². The van der Waals surface area contributed by atoms with E-state index in [1.54, 1.807) is 9.80 Å². The van der Waals surface area contributed by atoms with Crippen molar-refractivity contribution in [1.82, 2.24) is 19.4 Å². The van der Waals surface area contributed by atoms with Crippen molar-refractivity contribution in [2.24, 2.45) is 0 Å². The summed E-state index contributed by atoms with van der Waals surface area (Å²) < 4.78 is 2.02. The summed E-state index contributed by atoms with van der Waals surface area (Å²) in [5, 5.41) is 0.640. The molecule has 1 fully saturated rings. The molecule has 3 aromatic rings. The number of rotatable bonds is 3. The number of piperazine rings is 1. The molecule has 0 atom stereocenters. The number of H-pyrrole nitrogens is 1. The molecule has 1 aliphatic heterocycles. The number of benzene rings is 1. The van der Waals surface area contributed by atoms with Crippen LogP contribution in [0.5, 0.6) is 0 Å². The van der Waals surface area contributed by atoms with Crippen molar-refractivity contribution in [2.45, 2.75) is 13.8 Å². The number of hydrogen-bond donors (Lipinski definition) is 1. The SMILES string of the molecule is Cc1cc(C(=O)N2CCN(C(=O)c3ccc(=O)[nH]c3)CC2)c(C)n1-c1cccc(Cl)c1. The number of hydrogen-bond acceptors (Lipinski definition) is 3. The molecular formula is C23H23ClN4O3. The van der Waals surface area contributed by atoms with Gasteiger partial charge in [-0.1, -0.05) is 17.7 Å². The lowest BCUT2D eigenvalue weighted by Crippen LogP contribution is -2.50. The zero-order valence-electron chi connectivity index (χ0n) is 17.4. The predicted octanol–water partition coefficient (Wildman–Crippen LogP) is 3.03. The Labute approximate surface area is 184 Å². The van der Waals surface area contributed by atoms with Gasteiger partial charge in [-0.15, -0.1) is 0 Å². The smallest absolute Gasteiger partial charge is 0.255 e. The van der Waals surface area contributed by atoms with Crippen LogP contribution in [0.1, 0.15) is 32.1 Å². The van der Waals surface area contributed by atoms with Gasteiger partial charge in [-0.25, -0.2) is 0 Å². The van der Waals surface area contributed by atoms with E-state index in [-0.39, 0.29) is 17.4 Å². The van der Waals surface area contributed by atoms with Crippen LogP contribution in [0.3, 0.4) is 0 Å². The van der Waals surface area contributed by atoms with Crippen molar-refractivity contribution >= 4 is 23.4 Å². The number of nitrogens with zero attached hydrogens (tertiary/aromatic N) is 3. The largest absolute Gasteiger partial charge is 0.335 e. The summed E-state index contributed by atoms with van der Waals surface area (Å²) in [7, 11) is 0. The molecule has 1 N–H and O–H groups in total. The Morgan fingerprint density at radius 2 is 1.61 bits per heavy atom. The second kappa shape index (κ2) is 8.43. The maximum atomic E-state index is 13.2. The van der Waals surface area contributed by atoms with Crippen molar-refractivity contribution < 1.29 is 9.59 Å². The first-order valence-electron chi connectivity index (χ1n) is 10.1. The standard InChI is InChI=1S/C23H23ClN4O3/c1-15-12-20(16(2)28(15)19-5-3-4-18(24)13-19)23(31)27-10-8-26(9-11-27)22(30)17-6-7-21(29)25-14-17/h3-7,12-14H,8-11H2,1-2H3,(H,25,29). The zero-order valence-corrected chi connectivity index (χ0v) is 18.1. The zero-order chi connectivity index (χ0) is 22.1. The molecule has 0 spiro atoms. The van der Waals surface area contributed by atoms with Crippen LogP contribution in [-0.4, -0.2) is 57.3 Å². The molecule has 3 heterocycles. The van der Waals surface area contributed by atoms with Crippen LogP contribution >= 0.6 is 11.6 Å². The van der Waals surface area contributed by atoms with Gasteiger partial charge in [0.15, 0.2) is 0 Å². The van der Waals surface area contributed by atoms with Crippen LogP contribution in [0, 0.1) is 13.8 Å². The van der Waals surface area contributed by atoms with Crippen LogP contribution in [-0.2, 0) is 0 Å². The van der Waals surface area contributed by atoms with Gasteiger partial charge in [-0.2, -0.15) is 0 Å². The molecular weight excluding hydrogens is 416 g/mol. The lowest BCUT2D eigenvalue weighted by molar-refractivity contribution is 0.0535. The molecule has 2 amide bonds. The van der Waals surface area contributed by atoms with Crippen LogP contribution in [0.15, 0.2) is 53.5 Å². The predicted molar refractivity (Wildman–Crippen MR) is 119 cm³/mol. The summed E-state index contributed by atoms with van der Waals surface area (Å²) in [4.78, 5) is 43.0. The molecule has 0 bridgehead atoms. The van der Waals surface area contributed by atoms with Gasteiger partial charge < -0.3 is 19.4 Å². The fourth-order valence-corrected chi connectivity index (χ4v) is 4.19. The molecule has 7 nitrogen and oxygen atoms in total. The average molecular weight is 439 g/mol. The number of carbonyl (C=O) groups excluding carboxylic acids is 2. The van der Waals surface area contributed by atoms with Gasteiger partial charge in [0.05, 0.1) is 11.1 Å². The van der Waals surface area contributed by atoms with Crippen molar-refractivity contribution in [3.05, 3.63) is 86.6 Å². The van der Waals surface area contributed by atoms with Gasteiger partial charge in [0.2, 0.25) is 5.56 Å². The van der Waals surface area contributed by atoms with E-state index in [4.69, 9.17) is 11.6 Å². The average Bonchev–Trinajstić information content (AvgIpc) is 3.07. The quantitative estimate of drug-likeness (QED) is 0.682. The molecule has 160 valence electrons. The molecule has 1 aromatic carbocycles. The third kappa shape index (κ3) is 4.14. The van der Waals surface area contributed by atoms with Crippen molar-refractivity contribution in [3.8, 4) is 5.69 Å². The normalized spacial score (nSPS) is 14.0. The Bertz CT molecular complexity index is 1190. The monoisotopic (exact) mass is 438 g/mol. The van der Waals surface area contributed by atoms with Crippen LogP contribution in [0.4, 0.5) is 0 Å². The minimum atomic E-state index is -0.248. The number of aryl methyl sites for hydroxylation is 1. The van der Waals surface area contributed by atoms with E-state index in [9.17, 15) is 14.4 Å². The number of nitrogens with one attached hydrogen (secondary N) is 1. The first-order valence-corrected chi connectivity index (χ1v) is 10.4. The van der Waals surface area contributed by atoms with E-state index in [2.05, 4.69) is 4.98 Å². The van der Waals surface area contributed by atoms with E-state index in [1.165, 1.54) is 18.3 Å². The molecule has 1 saturated heterocycles. The van der Waals surface area contributed by atoms with Gasteiger partial charge in [-0.3, -0.25) is 14.4 Å². The molecule has 0 radical (unpaired) electrons. The van der Waals surface area contributed by atoms with Gasteiger partial charge in [0, 0.05) is 60.5 Å². The highest BCUT2D eigenvalue weighted by Crippen LogP contribution is 2.24. The molecule has 8 heteroatoms. The maximum absolute atomic E-state index is 13.2. The van der Waals surface area contributed by atoms with Crippen LogP contribution in [0.2, 0.25) is 5.02 Å². The third-order valence-corrected chi connectivity index (χ3v) is 5.85. The van der Waals surface area contributed by atoms with E-state index in [0.717, 1.165) is 17.1 Å². The van der Waals surface area contributed by atoms with Gasteiger partial charge in [-0.05, 0) is 44.2 Å². The summed E-state index contributed by atoms with van der Waals surface area (Å²) in [6.07, 6.45) is 1.42. The van der Waals surface area contributed by atoms with Crippen LogP contribution in [0.25, 0.3) is 5.69 Å². The Hall–Kier alpha value is -3.32. The number of amides is 2. The molecule has 0 aliphatic carbocycles. The molecule has 0 saturated carbocycles. The lowest BCUT2D eigenvalue weighted by Gasteiger charge is -2.34. The van der Waals surface area contributed by atoms with Crippen molar-refractivity contribution in [3.63, 3.8) is 0 Å². The van der Waals surface area contributed by atoms with Gasteiger partial charge in [0.1, 0.15) is 0 Å². The summed E-state index contributed by atoms with van der Waals surface area (Å²) in [6, 6.07) is 12.3. The summed E-state index contributed by atoms with van der Waals surface area (Å²) in [6.45, 7) is 5.68. The fourth-order valence-electron chi connectivity index (χ4n) is 4.00. The van der Waals surface area contributed by atoms with Crippen molar-refractivity contribution in [2.75, 3.05) is 26.2 Å². The molecule has 4 rings (SSSR count). The fraction of sp³-hybridized carbons (Fsp3) is 0.261. The number of aromatic amines is 1.